The largest absolute Gasteiger partial charge is 0.482 e. The number of hydrogen-bond donors (Lipinski definition) is 2. The summed E-state index contributed by atoms with van der Waals surface area (Å²) in [6.07, 6.45) is 15.4. The fourth-order valence-electron chi connectivity index (χ4n) is 5.73. The van der Waals surface area contributed by atoms with E-state index < -0.39 is 25.0 Å². The van der Waals surface area contributed by atoms with Crippen molar-refractivity contribution in [3.8, 4) is 0 Å². The molecule has 0 aromatic rings. The summed E-state index contributed by atoms with van der Waals surface area (Å²) in [6.45, 7) is 11.1. The van der Waals surface area contributed by atoms with Crippen LogP contribution >= 0.6 is 0 Å². The lowest BCUT2D eigenvalue weighted by molar-refractivity contribution is -0.0658. The van der Waals surface area contributed by atoms with Gasteiger partial charge in [-0.15, -0.1) is 0 Å². The fraction of sp³-hybridized carbons (Fsp3) is 0.667. The Morgan fingerprint density at radius 1 is 1.49 bits per heavy atom. The van der Waals surface area contributed by atoms with Gasteiger partial charge in [0.1, 0.15) is 12.8 Å². The van der Waals surface area contributed by atoms with Gasteiger partial charge in [0.05, 0.1) is 17.6 Å². The molecule has 2 N–H and O–H groups in total. The van der Waals surface area contributed by atoms with E-state index in [9.17, 15) is 9.90 Å². The maximum absolute atomic E-state index is 12.9. The maximum Gasteiger partial charge on any atom is 0.482 e. The highest BCUT2D eigenvalue weighted by atomic mass is 16.7. The summed E-state index contributed by atoms with van der Waals surface area (Å²) in [6, 6.07) is 0.00220. The standard InChI is InChI=1S/C27H41BN2O5/c1-5-19-15-21(6-2)27(4)23(16-19)34-28(35-27)24(17-20-11-9-8-10-12-20)29-26(32)33-18-22-13-14-30(22)25(31)7-3/h7-9,11,15,19,22-25,31H,3,5-6,10,12-14,16-18H2,1-2,4H3,(H,29,32)/t19-,22-,23+,24-,25?,27-/m0/s1. The number of alkyl carbamates (subject to hydrolysis) is 1. The zero-order chi connectivity index (χ0) is 25.0. The first kappa shape index (κ1) is 26.2. The molecule has 0 saturated carbocycles. The van der Waals surface area contributed by atoms with E-state index in [1.807, 2.05) is 4.90 Å². The van der Waals surface area contributed by atoms with Crippen LogP contribution in [0.5, 0.6) is 0 Å². The van der Waals surface area contributed by atoms with E-state index in [0.717, 1.165) is 45.1 Å². The molecule has 192 valence electrons. The van der Waals surface area contributed by atoms with E-state index in [0.29, 0.717) is 12.3 Å². The molecule has 2 aliphatic heterocycles. The summed E-state index contributed by atoms with van der Waals surface area (Å²) in [5.41, 5.74) is 2.08. The van der Waals surface area contributed by atoms with Gasteiger partial charge < -0.3 is 24.5 Å². The number of nitrogens with zero attached hydrogens (tertiary/aromatic N) is 1. The van der Waals surface area contributed by atoms with Gasteiger partial charge in [0.2, 0.25) is 0 Å². The van der Waals surface area contributed by atoms with Crippen molar-refractivity contribution in [2.45, 2.75) is 95.6 Å². The molecule has 7 nitrogen and oxygen atoms in total. The highest BCUT2D eigenvalue weighted by molar-refractivity contribution is 6.48. The van der Waals surface area contributed by atoms with Crippen LogP contribution in [-0.4, -0.2) is 66.3 Å². The third-order valence-corrected chi connectivity index (χ3v) is 8.13. The van der Waals surface area contributed by atoms with Crippen molar-refractivity contribution < 1.29 is 23.9 Å². The van der Waals surface area contributed by atoms with Crippen LogP contribution in [0.1, 0.15) is 65.7 Å². The summed E-state index contributed by atoms with van der Waals surface area (Å²) in [5.74, 6) is 0.140. The van der Waals surface area contributed by atoms with Crippen LogP contribution in [0.3, 0.4) is 0 Å². The lowest BCUT2D eigenvalue weighted by atomic mass is 9.73. The number of amides is 1. The van der Waals surface area contributed by atoms with Crippen LogP contribution in [-0.2, 0) is 14.0 Å². The van der Waals surface area contributed by atoms with Gasteiger partial charge in [0.25, 0.3) is 0 Å². The van der Waals surface area contributed by atoms with E-state index in [2.05, 4.69) is 57.0 Å². The molecule has 1 amide bonds. The number of rotatable bonds is 10. The molecule has 2 fully saturated rings. The van der Waals surface area contributed by atoms with Gasteiger partial charge >= 0.3 is 13.2 Å². The van der Waals surface area contributed by atoms with E-state index in [1.165, 1.54) is 17.2 Å². The van der Waals surface area contributed by atoms with Crippen LogP contribution in [0.25, 0.3) is 0 Å². The summed E-state index contributed by atoms with van der Waals surface area (Å²) < 4.78 is 18.7. The highest BCUT2D eigenvalue weighted by Gasteiger charge is 2.55. The molecule has 0 radical (unpaired) electrons. The van der Waals surface area contributed by atoms with Crippen molar-refractivity contribution in [3.63, 3.8) is 0 Å². The summed E-state index contributed by atoms with van der Waals surface area (Å²) in [5, 5.41) is 13.0. The van der Waals surface area contributed by atoms with Crippen molar-refractivity contribution in [2.75, 3.05) is 13.2 Å². The fourth-order valence-corrected chi connectivity index (χ4v) is 5.73. The van der Waals surface area contributed by atoms with Crippen molar-refractivity contribution in [3.05, 3.63) is 48.1 Å². The first-order valence-corrected chi connectivity index (χ1v) is 13.3. The lowest BCUT2D eigenvalue weighted by Crippen LogP contribution is -2.55. The second kappa shape index (κ2) is 11.5. The molecule has 35 heavy (non-hydrogen) atoms. The van der Waals surface area contributed by atoms with E-state index in [4.69, 9.17) is 14.0 Å². The smallest absolute Gasteiger partial charge is 0.448 e. The van der Waals surface area contributed by atoms with Gasteiger partial charge in [-0.1, -0.05) is 50.3 Å². The van der Waals surface area contributed by atoms with Gasteiger partial charge in [-0.3, -0.25) is 4.90 Å². The van der Waals surface area contributed by atoms with E-state index in [-0.39, 0.29) is 24.7 Å². The third-order valence-electron chi connectivity index (χ3n) is 8.13. The minimum atomic E-state index is -0.711. The predicted octanol–water partition coefficient (Wildman–Crippen LogP) is 4.29. The monoisotopic (exact) mass is 484 g/mol. The Morgan fingerprint density at radius 2 is 2.31 bits per heavy atom. The second-order valence-electron chi connectivity index (χ2n) is 10.3. The van der Waals surface area contributed by atoms with Crippen LogP contribution in [0.2, 0.25) is 0 Å². The molecule has 4 aliphatic rings. The number of carbonyl (C=O) groups excluding carboxylic acids is 1. The number of allylic oxidation sites excluding steroid dienone is 4. The van der Waals surface area contributed by atoms with E-state index >= 15 is 0 Å². The first-order chi connectivity index (χ1) is 16.9. The highest BCUT2D eigenvalue weighted by Crippen LogP contribution is 2.45. The van der Waals surface area contributed by atoms with Gasteiger partial charge in [0, 0.05) is 12.6 Å². The average molecular weight is 484 g/mol. The zero-order valence-electron chi connectivity index (χ0n) is 21.4. The molecule has 4 rings (SSSR count). The predicted molar refractivity (Wildman–Crippen MR) is 138 cm³/mol. The minimum Gasteiger partial charge on any atom is -0.448 e. The lowest BCUT2D eigenvalue weighted by Gasteiger charge is -2.42. The molecule has 0 spiro atoms. The van der Waals surface area contributed by atoms with Crippen LogP contribution in [0.4, 0.5) is 4.79 Å². The molecule has 2 saturated heterocycles. The number of nitrogens with one attached hydrogen (secondary N) is 1. The third kappa shape index (κ3) is 5.77. The van der Waals surface area contributed by atoms with E-state index in [1.54, 1.807) is 0 Å². The number of aliphatic hydroxyl groups is 1. The molecular formula is C27H41BN2O5. The topological polar surface area (TPSA) is 80.3 Å². The quantitative estimate of drug-likeness (QED) is 0.356. The Bertz CT molecular complexity index is 874. The molecule has 2 aliphatic carbocycles. The summed E-state index contributed by atoms with van der Waals surface area (Å²) in [4.78, 5) is 14.7. The Hall–Kier alpha value is -1.87. The summed E-state index contributed by atoms with van der Waals surface area (Å²) in [7, 11) is -0.544. The average Bonchev–Trinajstić information content (AvgIpc) is 3.19. The number of likely N-dealkylation sites (tertiary alicyclic amines) is 1. The van der Waals surface area contributed by atoms with Crippen molar-refractivity contribution >= 4 is 13.2 Å². The van der Waals surface area contributed by atoms with Crippen LogP contribution < -0.4 is 5.32 Å². The Kier molecular flexibility index (Phi) is 8.58. The Balaban J connectivity index is 1.43. The number of ether oxygens (including phenoxy) is 1. The number of aliphatic hydroxyl groups excluding tert-OH is 1. The van der Waals surface area contributed by atoms with Gasteiger partial charge in [-0.2, -0.15) is 0 Å². The second-order valence-corrected chi connectivity index (χ2v) is 10.3. The first-order valence-electron chi connectivity index (χ1n) is 13.3. The van der Waals surface area contributed by atoms with Crippen molar-refractivity contribution in [1.82, 2.24) is 10.2 Å². The van der Waals surface area contributed by atoms with Gasteiger partial charge in [0.15, 0.2) is 0 Å². The zero-order valence-corrected chi connectivity index (χ0v) is 21.4. The molecule has 0 aromatic carbocycles. The SMILES string of the molecule is C=CC(O)N1CC[C@H]1COC(=O)N[C@@H](CC1=CC=CCC1)B1O[C@@H]2C[C@@H](CC)C=C(CC)[C@]2(C)O1. The number of carbonyl (C=O) groups is 1. The summed E-state index contributed by atoms with van der Waals surface area (Å²) >= 11 is 0. The normalized spacial score (nSPS) is 32.1. The van der Waals surface area contributed by atoms with Crippen molar-refractivity contribution in [2.24, 2.45) is 5.92 Å². The van der Waals surface area contributed by atoms with Crippen LogP contribution in [0, 0.1) is 5.92 Å². The van der Waals surface area contributed by atoms with Gasteiger partial charge in [-0.05, 0) is 69.4 Å². The molecule has 1 unspecified atom stereocenters. The van der Waals surface area contributed by atoms with Crippen LogP contribution in [0.15, 0.2) is 48.1 Å². The minimum absolute atomic E-state index is 0.00220. The number of hydrogen-bond acceptors (Lipinski definition) is 6. The number of fused-ring (bicyclic) bond motifs is 1. The molecule has 2 heterocycles. The molecule has 6 atom stereocenters. The molecule has 0 bridgehead atoms. The van der Waals surface area contributed by atoms with Crippen molar-refractivity contribution in [1.29, 1.82) is 0 Å². The molecule has 0 aromatic heterocycles. The Labute approximate surface area is 210 Å². The maximum atomic E-state index is 12.9. The Morgan fingerprint density at radius 3 is 2.94 bits per heavy atom. The molecular weight excluding hydrogens is 443 g/mol. The molecule has 8 heteroatoms. The van der Waals surface area contributed by atoms with Gasteiger partial charge in [-0.25, -0.2) is 4.79 Å².